The smallest absolute Gasteiger partial charge is 0.416 e. The Morgan fingerprint density at radius 1 is 1.39 bits per heavy atom. The van der Waals surface area contributed by atoms with Crippen LogP contribution in [0, 0.1) is 0 Å². The Kier molecular flexibility index (Phi) is 3.65. The number of nitrogens with one attached hydrogen (secondary N) is 2. The van der Waals surface area contributed by atoms with E-state index in [2.05, 4.69) is 10.6 Å². The third-order valence-electron chi connectivity index (χ3n) is 3.03. The molecular formula is C12H15F3N2O. The molecule has 0 radical (unpaired) electrons. The summed E-state index contributed by atoms with van der Waals surface area (Å²) in [6, 6.07) is 3.27. The molecule has 0 bridgehead atoms. The summed E-state index contributed by atoms with van der Waals surface area (Å²) in [5.74, 6) is -0.372. The predicted octanol–water partition coefficient (Wildman–Crippen LogP) is 2.57. The summed E-state index contributed by atoms with van der Waals surface area (Å²) < 4.78 is 37.2. The predicted molar refractivity (Wildman–Crippen MR) is 62.6 cm³/mol. The van der Waals surface area contributed by atoms with Gasteiger partial charge in [0.2, 0.25) is 0 Å². The minimum Gasteiger partial charge on any atom is -0.506 e. The zero-order valence-electron chi connectivity index (χ0n) is 9.72. The van der Waals surface area contributed by atoms with Gasteiger partial charge in [-0.15, -0.1) is 0 Å². The fourth-order valence-electron chi connectivity index (χ4n) is 2.02. The van der Waals surface area contributed by atoms with E-state index in [0.717, 1.165) is 31.5 Å². The highest BCUT2D eigenvalue weighted by Crippen LogP contribution is 2.34. The molecule has 6 heteroatoms. The van der Waals surface area contributed by atoms with Gasteiger partial charge in [0.05, 0.1) is 11.3 Å². The number of hydrogen-bond donors (Lipinski definition) is 3. The highest BCUT2D eigenvalue weighted by atomic mass is 19.4. The molecular weight excluding hydrogens is 245 g/mol. The molecule has 1 atom stereocenters. The van der Waals surface area contributed by atoms with Crippen molar-refractivity contribution >= 4 is 5.69 Å². The standard InChI is InChI=1S/C12H15F3N2O/c13-12(14,15)8-3-4-10(11(18)6-8)17-7-9-2-1-5-16-9/h3-4,6,9,16-18H,1-2,5,7H2. The Labute approximate surface area is 103 Å². The molecule has 1 aromatic rings. The zero-order chi connectivity index (χ0) is 13.2. The van der Waals surface area contributed by atoms with Gasteiger partial charge in [0.25, 0.3) is 0 Å². The van der Waals surface area contributed by atoms with Crippen LogP contribution in [0.2, 0.25) is 0 Å². The van der Waals surface area contributed by atoms with Crippen molar-refractivity contribution in [1.29, 1.82) is 0 Å². The van der Waals surface area contributed by atoms with Crippen molar-refractivity contribution in [3.05, 3.63) is 23.8 Å². The number of anilines is 1. The second-order valence-electron chi connectivity index (χ2n) is 4.40. The number of hydrogen-bond acceptors (Lipinski definition) is 3. The zero-order valence-corrected chi connectivity index (χ0v) is 9.72. The summed E-state index contributed by atoms with van der Waals surface area (Å²) in [6.07, 6.45) is -2.29. The lowest BCUT2D eigenvalue weighted by molar-refractivity contribution is -0.137. The van der Waals surface area contributed by atoms with Crippen LogP contribution in [0.3, 0.4) is 0 Å². The summed E-state index contributed by atoms with van der Waals surface area (Å²) in [6.45, 7) is 1.56. The average molecular weight is 260 g/mol. The molecule has 1 unspecified atom stereocenters. The maximum absolute atomic E-state index is 12.4. The van der Waals surface area contributed by atoms with Gasteiger partial charge in [-0.3, -0.25) is 0 Å². The molecule has 1 aliphatic rings. The van der Waals surface area contributed by atoms with E-state index in [1.54, 1.807) is 0 Å². The van der Waals surface area contributed by atoms with Crippen LogP contribution >= 0.6 is 0 Å². The van der Waals surface area contributed by atoms with Crippen molar-refractivity contribution in [2.75, 3.05) is 18.4 Å². The lowest BCUT2D eigenvalue weighted by Gasteiger charge is -2.15. The van der Waals surface area contributed by atoms with Gasteiger partial charge in [-0.05, 0) is 37.6 Å². The van der Waals surface area contributed by atoms with E-state index in [1.165, 1.54) is 6.07 Å². The third kappa shape index (κ3) is 3.07. The van der Waals surface area contributed by atoms with Crippen LogP contribution in [-0.4, -0.2) is 24.2 Å². The monoisotopic (exact) mass is 260 g/mol. The van der Waals surface area contributed by atoms with Crippen molar-refractivity contribution in [3.8, 4) is 5.75 Å². The highest BCUT2D eigenvalue weighted by molar-refractivity contribution is 5.57. The molecule has 1 saturated heterocycles. The molecule has 1 fully saturated rings. The molecule has 0 amide bonds. The quantitative estimate of drug-likeness (QED) is 0.732. The van der Waals surface area contributed by atoms with Crippen molar-refractivity contribution < 1.29 is 18.3 Å². The summed E-state index contributed by atoms with van der Waals surface area (Å²) in [4.78, 5) is 0. The average Bonchev–Trinajstić information content (AvgIpc) is 2.79. The van der Waals surface area contributed by atoms with Crippen molar-refractivity contribution in [1.82, 2.24) is 5.32 Å². The van der Waals surface area contributed by atoms with Crippen LogP contribution in [0.15, 0.2) is 18.2 Å². The largest absolute Gasteiger partial charge is 0.506 e. The van der Waals surface area contributed by atoms with Crippen LogP contribution in [0.1, 0.15) is 18.4 Å². The molecule has 0 aromatic heterocycles. The summed E-state index contributed by atoms with van der Waals surface area (Å²) in [5.41, 5.74) is -0.513. The molecule has 1 aliphatic heterocycles. The van der Waals surface area contributed by atoms with E-state index < -0.39 is 11.7 Å². The third-order valence-corrected chi connectivity index (χ3v) is 3.03. The number of benzene rings is 1. The maximum Gasteiger partial charge on any atom is 0.416 e. The first-order valence-corrected chi connectivity index (χ1v) is 5.84. The molecule has 100 valence electrons. The first-order chi connectivity index (χ1) is 8.47. The Morgan fingerprint density at radius 2 is 2.17 bits per heavy atom. The lowest BCUT2D eigenvalue weighted by Crippen LogP contribution is -2.29. The SMILES string of the molecule is Oc1cc(C(F)(F)F)ccc1NCC1CCCN1. The van der Waals surface area contributed by atoms with Crippen molar-refractivity contribution in [2.45, 2.75) is 25.1 Å². The van der Waals surface area contributed by atoms with Crippen LogP contribution < -0.4 is 10.6 Å². The molecule has 3 nitrogen and oxygen atoms in total. The van der Waals surface area contributed by atoms with E-state index in [4.69, 9.17) is 0 Å². The first kappa shape index (κ1) is 13.0. The molecule has 1 heterocycles. The molecule has 0 saturated carbocycles. The first-order valence-electron chi connectivity index (χ1n) is 5.84. The number of phenols is 1. The van der Waals surface area contributed by atoms with Crippen LogP contribution in [0.5, 0.6) is 5.75 Å². The van der Waals surface area contributed by atoms with Gasteiger partial charge in [-0.25, -0.2) is 0 Å². The van der Waals surface area contributed by atoms with Gasteiger partial charge in [0.1, 0.15) is 5.75 Å². The Balaban J connectivity index is 2.01. The van der Waals surface area contributed by atoms with Gasteiger partial charge < -0.3 is 15.7 Å². The fraction of sp³-hybridized carbons (Fsp3) is 0.500. The van der Waals surface area contributed by atoms with Gasteiger partial charge in [0.15, 0.2) is 0 Å². The summed E-state index contributed by atoms with van der Waals surface area (Å²) >= 11 is 0. The van der Waals surface area contributed by atoms with Gasteiger partial charge in [-0.2, -0.15) is 13.2 Å². The molecule has 0 spiro atoms. The molecule has 1 aromatic carbocycles. The van der Waals surface area contributed by atoms with Crippen molar-refractivity contribution in [2.24, 2.45) is 0 Å². The van der Waals surface area contributed by atoms with E-state index in [9.17, 15) is 18.3 Å². The van der Waals surface area contributed by atoms with Crippen LogP contribution in [0.25, 0.3) is 0 Å². The van der Waals surface area contributed by atoms with E-state index in [1.807, 2.05) is 0 Å². The highest BCUT2D eigenvalue weighted by Gasteiger charge is 2.31. The second-order valence-corrected chi connectivity index (χ2v) is 4.40. The van der Waals surface area contributed by atoms with E-state index in [0.29, 0.717) is 18.3 Å². The number of halogens is 3. The van der Waals surface area contributed by atoms with E-state index in [-0.39, 0.29) is 5.75 Å². The van der Waals surface area contributed by atoms with Gasteiger partial charge >= 0.3 is 6.18 Å². The van der Waals surface area contributed by atoms with Gasteiger partial charge in [0, 0.05) is 12.6 Å². The molecule has 2 rings (SSSR count). The second kappa shape index (κ2) is 5.06. The maximum atomic E-state index is 12.4. The Bertz CT molecular complexity index is 414. The number of rotatable bonds is 3. The lowest BCUT2D eigenvalue weighted by atomic mass is 10.1. The normalized spacial score (nSPS) is 20.1. The Morgan fingerprint density at radius 3 is 2.72 bits per heavy atom. The van der Waals surface area contributed by atoms with Crippen molar-refractivity contribution in [3.63, 3.8) is 0 Å². The number of alkyl halides is 3. The van der Waals surface area contributed by atoms with Crippen LogP contribution in [0.4, 0.5) is 18.9 Å². The molecule has 3 N–H and O–H groups in total. The van der Waals surface area contributed by atoms with E-state index >= 15 is 0 Å². The summed E-state index contributed by atoms with van der Waals surface area (Å²) in [5, 5.41) is 15.8. The molecule has 0 aliphatic carbocycles. The van der Waals surface area contributed by atoms with Crippen LogP contribution in [-0.2, 0) is 6.18 Å². The minimum absolute atomic E-state index is 0.312. The summed E-state index contributed by atoms with van der Waals surface area (Å²) in [7, 11) is 0. The number of aromatic hydroxyl groups is 1. The topological polar surface area (TPSA) is 44.3 Å². The Hall–Kier alpha value is -1.43. The fourth-order valence-corrected chi connectivity index (χ4v) is 2.02. The minimum atomic E-state index is -4.43. The van der Waals surface area contributed by atoms with Gasteiger partial charge in [-0.1, -0.05) is 0 Å². The molecule has 18 heavy (non-hydrogen) atoms. The number of phenolic OH excluding ortho intramolecular Hbond substituents is 1.